The van der Waals surface area contributed by atoms with Crippen molar-refractivity contribution in [2.75, 3.05) is 5.32 Å². The number of carbonyl (C=O) groups is 1. The van der Waals surface area contributed by atoms with E-state index >= 15 is 0 Å². The van der Waals surface area contributed by atoms with E-state index in [-0.39, 0.29) is 5.91 Å². The Labute approximate surface area is 109 Å². The average Bonchev–Trinajstić information content (AvgIpc) is 2.40. The summed E-state index contributed by atoms with van der Waals surface area (Å²) in [6, 6.07) is 8.77. The second kappa shape index (κ2) is 5.93. The van der Waals surface area contributed by atoms with Crippen LogP contribution in [0.2, 0.25) is 5.02 Å². The predicted octanol–water partition coefficient (Wildman–Crippen LogP) is 2.78. The molecule has 4 nitrogen and oxygen atoms in total. The number of hydrogen-bond acceptors (Lipinski definition) is 3. The van der Waals surface area contributed by atoms with Gasteiger partial charge in [0.2, 0.25) is 5.91 Å². The molecule has 0 fully saturated rings. The number of carbonyl (C=O) groups excluding carboxylic acids is 1. The topological polar surface area (TPSA) is 54.9 Å². The van der Waals surface area contributed by atoms with Crippen LogP contribution in [0, 0.1) is 0 Å². The van der Waals surface area contributed by atoms with Gasteiger partial charge in [0.1, 0.15) is 5.82 Å². The van der Waals surface area contributed by atoms with Crippen LogP contribution < -0.4 is 5.32 Å². The zero-order valence-electron chi connectivity index (χ0n) is 9.38. The van der Waals surface area contributed by atoms with E-state index in [1.54, 1.807) is 24.4 Å². The molecule has 0 saturated carbocycles. The minimum absolute atomic E-state index is 0.268. The Bertz CT molecular complexity index is 552. The number of aromatic nitrogens is 2. The van der Waals surface area contributed by atoms with Crippen molar-refractivity contribution >= 4 is 29.4 Å². The third-order valence-corrected chi connectivity index (χ3v) is 2.30. The van der Waals surface area contributed by atoms with E-state index in [0.717, 1.165) is 5.69 Å². The molecular weight excluding hydrogens is 250 g/mol. The summed E-state index contributed by atoms with van der Waals surface area (Å²) in [5, 5.41) is 3.14. The lowest BCUT2D eigenvalue weighted by Crippen LogP contribution is -2.08. The van der Waals surface area contributed by atoms with Crippen molar-refractivity contribution in [3.8, 4) is 0 Å². The van der Waals surface area contributed by atoms with Crippen LogP contribution in [-0.2, 0) is 4.79 Å². The van der Waals surface area contributed by atoms with E-state index in [1.165, 1.54) is 12.3 Å². The molecule has 0 aliphatic rings. The Kier molecular flexibility index (Phi) is 4.04. The molecule has 0 aliphatic carbocycles. The van der Waals surface area contributed by atoms with Crippen LogP contribution >= 0.6 is 11.6 Å². The molecule has 90 valence electrons. The highest BCUT2D eigenvalue weighted by molar-refractivity contribution is 6.30. The van der Waals surface area contributed by atoms with Gasteiger partial charge in [0.25, 0.3) is 0 Å². The molecule has 2 aromatic rings. The molecule has 0 spiro atoms. The Balaban J connectivity index is 1.97. The van der Waals surface area contributed by atoms with Crippen molar-refractivity contribution in [2.24, 2.45) is 0 Å². The first-order valence-corrected chi connectivity index (χ1v) is 5.63. The first-order chi connectivity index (χ1) is 8.74. The van der Waals surface area contributed by atoms with Crippen LogP contribution in [0.3, 0.4) is 0 Å². The molecule has 0 radical (unpaired) electrons. The van der Waals surface area contributed by atoms with Crippen LogP contribution in [0.25, 0.3) is 6.08 Å². The number of halogens is 1. The van der Waals surface area contributed by atoms with Gasteiger partial charge in [-0.3, -0.25) is 9.78 Å². The normalized spacial score (nSPS) is 10.5. The molecule has 0 saturated heterocycles. The van der Waals surface area contributed by atoms with Gasteiger partial charge < -0.3 is 5.32 Å². The third kappa shape index (κ3) is 3.68. The van der Waals surface area contributed by atoms with Crippen molar-refractivity contribution in [2.45, 2.75) is 0 Å². The van der Waals surface area contributed by atoms with E-state index < -0.39 is 0 Å². The highest BCUT2D eigenvalue weighted by atomic mass is 35.5. The van der Waals surface area contributed by atoms with Crippen molar-refractivity contribution in [1.82, 2.24) is 9.97 Å². The molecule has 0 aromatic carbocycles. The van der Waals surface area contributed by atoms with Crippen LogP contribution in [-0.4, -0.2) is 15.9 Å². The Hall–Kier alpha value is -2.20. The first kappa shape index (κ1) is 12.3. The summed E-state index contributed by atoms with van der Waals surface area (Å²) in [5.41, 5.74) is 0.719. The van der Waals surface area contributed by atoms with E-state index in [4.69, 9.17) is 11.6 Å². The smallest absolute Gasteiger partial charge is 0.249 e. The summed E-state index contributed by atoms with van der Waals surface area (Å²) in [6.45, 7) is 0. The molecule has 0 atom stereocenters. The Morgan fingerprint density at radius 2 is 2.11 bits per heavy atom. The minimum Gasteiger partial charge on any atom is -0.307 e. The van der Waals surface area contributed by atoms with E-state index in [9.17, 15) is 4.79 Å². The molecule has 18 heavy (non-hydrogen) atoms. The second-order valence-corrected chi connectivity index (χ2v) is 3.88. The molecule has 1 N–H and O–H groups in total. The highest BCUT2D eigenvalue weighted by Crippen LogP contribution is 2.09. The van der Waals surface area contributed by atoms with Gasteiger partial charge in [0.05, 0.1) is 10.7 Å². The first-order valence-electron chi connectivity index (χ1n) is 5.26. The summed E-state index contributed by atoms with van der Waals surface area (Å²) in [6.07, 6.45) is 6.17. The number of pyridine rings is 2. The summed E-state index contributed by atoms with van der Waals surface area (Å²) in [4.78, 5) is 19.6. The molecule has 5 heteroatoms. The predicted molar refractivity (Wildman–Crippen MR) is 71.1 cm³/mol. The summed E-state index contributed by atoms with van der Waals surface area (Å²) < 4.78 is 0. The number of nitrogens with one attached hydrogen (secondary N) is 1. The van der Waals surface area contributed by atoms with Crippen molar-refractivity contribution < 1.29 is 4.79 Å². The van der Waals surface area contributed by atoms with E-state index in [1.807, 2.05) is 18.2 Å². The fraction of sp³-hybridized carbons (Fsp3) is 0. The molecule has 2 aromatic heterocycles. The largest absolute Gasteiger partial charge is 0.307 e. The monoisotopic (exact) mass is 259 g/mol. The Morgan fingerprint density at radius 3 is 2.78 bits per heavy atom. The second-order valence-electron chi connectivity index (χ2n) is 3.44. The van der Waals surface area contributed by atoms with Crippen LogP contribution in [0.1, 0.15) is 5.69 Å². The maximum absolute atomic E-state index is 11.6. The van der Waals surface area contributed by atoms with Gasteiger partial charge in [-0.25, -0.2) is 4.98 Å². The minimum atomic E-state index is -0.268. The van der Waals surface area contributed by atoms with Gasteiger partial charge in [-0.1, -0.05) is 17.7 Å². The van der Waals surface area contributed by atoms with Gasteiger partial charge in [0, 0.05) is 18.5 Å². The van der Waals surface area contributed by atoms with E-state index in [2.05, 4.69) is 15.3 Å². The lowest BCUT2D eigenvalue weighted by atomic mass is 10.3. The quantitative estimate of drug-likeness (QED) is 0.863. The summed E-state index contributed by atoms with van der Waals surface area (Å²) in [5.74, 6) is 0.186. The molecule has 0 bridgehead atoms. The lowest BCUT2D eigenvalue weighted by Gasteiger charge is -2.00. The Morgan fingerprint density at radius 1 is 1.22 bits per heavy atom. The number of anilines is 1. The maximum atomic E-state index is 11.6. The molecule has 0 unspecified atom stereocenters. The van der Waals surface area contributed by atoms with Crippen LogP contribution in [0.5, 0.6) is 0 Å². The molecule has 2 heterocycles. The average molecular weight is 260 g/mol. The van der Waals surface area contributed by atoms with Gasteiger partial charge in [-0.05, 0) is 30.3 Å². The third-order valence-electron chi connectivity index (χ3n) is 2.07. The number of rotatable bonds is 3. The standard InChI is InChI=1S/C13H10ClN3O/c14-10-4-6-12(16-9-10)17-13(18)7-5-11-3-1-2-8-15-11/h1-9H,(H,16,17,18)/b7-5+. The van der Waals surface area contributed by atoms with Gasteiger partial charge in [-0.15, -0.1) is 0 Å². The molecule has 2 rings (SSSR count). The van der Waals surface area contributed by atoms with Gasteiger partial charge in [0.15, 0.2) is 0 Å². The number of nitrogens with zero attached hydrogens (tertiary/aromatic N) is 2. The molecule has 0 aliphatic heterocycles. The van der Waals surface area contributed by atoms with Crippen molar-refractivity contribution in [1.29, 1.82) is 0 Å². The SMILES string of the molecule is O=C(/C=C/c1ccccn1)Nc1ccc(Cl)cn1. The summed E-state index contributed by atoms with van der Waals surface area (Å²) >= 11 is 5.69. The zero-order valence-corrected chi connectivity index (χ0v) is 10.1. The van der Waals surface area contributed by atoms with Gasteiger partial charge >= 0.3 is 0 Å². The molecular formula is C13H10ClN3O. The van der Waals surface area contributed by atoms with Crippen LogP contribution in [0.4, 0.5) is 5.82 Å². The van der Waals surface area contributed by atoms with Crippen molar-refractivity contribution in [3.05, 3.63) is 59.5 Å². The van der Waals surface area contributed by atoms with Crippen molar-refractivity contribution in [3.63, 3.8) is 0 Å². The zero-order chi connectivity index (χ0) is 12.8. The molecule has 1 amide bonds. The highest BCUT2D eigenvalue weighted by Gasteiger charge is 1.98. The van der Waals surface area contributed by atoms with E-state index in [0.29, 0.717) is 10.8 Å². The van der Waals surface area contributed by atoms with Gasteiger partial charge in [-0.2, -0.15) is 0 Å². The lowest BCUT2D eigenvalue weighted by molar-refractivity contribution is -0.111. The number of amides is 1. The summed E-state index contributed by atoms with van der Waals surface area (Å²) in [7, 11) is 0. The number of hydrogen-bond donors (Lipinski definition) is 1. The fourth-order valence-corrected chi connectivity index (χ4v) is 1.37. The maximum Gasteiger partial charge on any atom is 0.249 e. The fourth-order valence-electron chi connectivity index (χ4n) is 1.25. The van der Waals surface area contributed by atoms with Crippen LogP contribution in [0.15, 0.2) is 48.8 Å².